The van der Waals surface area contributed by atoms with Crippen molar-refractivity contribution in [3.05, 3.63) is 0 Å². The van der Waals surface area contributed by atoms with Crippen LogP contribution in [0, 0.1) is 0 Å². The molecule has 0 spiro atoms. The summed E-state index contributed by atoms with van der Waals surface area (Å²) in [4.78, 5) is 23.9. The van der Waals surface area contributed by atoms with Crippen LogP contribution in [0.3, 0.4) is 0 Å². The molecule has 6 nitrogen and oxygen atoms in total. The molecule has 0 aromatic carbocycles. The molecule has 0 aliphatic rings. The van der Waals surface area contributed by atoms with Crippen LogP contribution in [0.4, 0.5) is 4.79 Å². The first-order valence-corrected chi connectivity index (χ1v) is 6.17. The molecular formula is C12H24N2O4. The van der Waals surface area contributed by atoms with E-state index < -0.39 is 12.1 Å². The first kappa shape index (κ1) is 16.7. The van der Waals surface area contributed by atoms with E-state index in [1.165, 1.54) is 7.11 Å². The number of carboxylic acids is 1. The highest BCUT2D eigenvalue weighted by atomic mass is 16.5. The summed E-state index contributed by atoms with van der Waals surface area (Å²) >= 11 is 0. The zero-order chi connectivity index (χ0) is 14.1. The van der Waals surface area contributed by atoms with Gasteiger partial charge in [-0.15, -0.1) is 0 Å². The number of rotatable bonds is 8. The molecular weight excluding hydrogens is 236 g/mol. The number of nitrogens with one attached hydrogen (secondary N) is 1. The zero-order valence-electron chi connectivity index (χ0n) is 11.6. The minimum Gasteiger partial charge on any atom is -0.481 e. The molecule has 0 heterocycles. The fraction of sp³-hybridized carbons (Fsp3) is 0.833. The van der Waals surface area contributed by atoms with Crippen molar-refractivity contribution in [3.8, 4) is 0 Å². The number of methoxy groups -OCH3 is 1. The molecule has 2 unspecified atom stereocenters. The van der Waals surface area contributed by atoms with Crippen molar-refractivity contribution in [3.63, 3.8) is 0 Å². The summed E-state index contributed by atoms with van der Waals surface area (Å²) in [6.45, 7) is 4.25. The van der Waals surface area contributed by atoms with E-state index in [0.717, 1.165) is 12.8 Å². The standard InChI is InChI=1S/C12H24N2O4/c1-5-6-9(2)14(3)12(17)13-8-10(18-4)7-11(15)16/h9-10H,5-8H2,1-4H3,(H,13,17)(H,15,16). The molecule has 0 rings (SSSR count). The zero-order valence-corrected chi connectivity index (χ0v) is 11.6. The third kappa shape index (κ3) is 6.44. The van der Waals surface area contributed by atoms with Crippen LogP contribution in [0.15, 0.2) is 0 Å². The number of hydrogen-bond acceptors (Lipinski definition) is 3. The predicted molar refractivity (Wildman–Crippen MR) is 68.6 cm³/mol. The molecule has 0 radical (unpaired) electrons. The summed E-state index contributed by atoms with van der Waals surface area (Å²) in [6.07, 6.45) is 1.33. The lowest BCUT2D eigenvalue weighted by Crippen LogP contribution is -2.45. The van der Waals surface area contributed by atoms with E-state index in [-0.39, 0.29) is 25.0 Å². The van der Waals surface area contributed by atoms with Crippen LogP contribution in [0.5, 0.6) is 0 Å². The smallest absolute Gasteiger partial charge is 0.317 e. The summed E-state index contributed by atoms with van der Waals surface area (Å²) < 4.78 is 4.99. The lowest BCUT2D eigenvalue weighted by Gasteiger charge is -2.25. The quantitative estimate of drug-likeness (QED) is 0.689. The minimum absolute atomic E-state index is 0.120. The van der Waals surface area contributed by atoms with Gasteiger partial charge in [-0.25, -0.2) is 4.79 Å². The lowest BCUT2D eigenvalue weighted by molar-refractivity contribution is -0.139. The highest BCUT2D eigenvalue weighted by Crippen LogP contribution is 2.04. The summed E-state index contributed by atoms with van der Waals surface area (Å²) in [6, 6.07) is -0.0427. The maximum Gasteiger partial charge on any atom is 0.317 e. The van der Waals surface area contributed by atoms with Crippen molar-refractivity contribution in [1.29, 1.82) is 0 Å². The number of nitrogens with zero attached hydrogens (tertiary/aromatic N) is 1. The Kier molecular flexibility index (Phi) is 8.11. The van der Waals surface area contributed by atoms with E-state index in [9.17, 15) is 9.59 Å². The number of aliphatic carboxylic acids is 1. The molecule has 2 atom stereocenters. The highest BCUT2D eigenvalue weighted by Gasteiger charge is 2.17. The highest BCUT2D eigenvalue weighted by molar-refractivity contribution is 5.74. The summed E-state index contributed by atoms with van der Waals surface area (Å²) in [5, 5.41) is 11.3. The van der Waals surface area contributed by atoms with E-state index in [1.807, 2.05) is 6.92 Å². The van der Waals surface area contributed by atoms with Gasteiger partial charge in [-0.2, -0.15) is 0 Å². The fourth-order valence-corrected chi connectivity index (χ4v) is 1.57. The number of hydrogen-bond donors (Lipinski definition) is 2. The number of carboxylic acid groups (broad SMARTS) is 1. The van der Waals surface area contributed by atoms with Gasteiger partial charge in [0, 0.05) is 26.7 Å². The van der Waals surface area contributed by atoms with Crippen LogP contribution < -0.4 is 5.32 Å². The minimum atomic E-state index is -0.941. The Labute approximate surface area is 108 Å². The monoisotopic (exact) mass is 260 g/mol. The van der Waals surface area contributed by atoms with Gasteiger partial charge in [-0.1, -0.05) is 13.3 Å². The SMILES string of the molecule is CCCC(C)N(C)C(=O)NCC(CC(=O)O)OC. The Bertz CT molecular complexity index is 271. The second-order valence-electron chi connectivity index (χ2n) is 4.39. The topological polar surface area (TPSA) is 78.9 Å². The molecule has 2 amide bonds. The van der Waals surface area contributed by atoms with E-state index in [0.29, 0.717) is 0 Å². The van der Waals surface area contributed by atoms with E-state index >= 15 is 0 Å². The predicted octanol–water partition coefficient (Wildman–Crippen LogP) is 1.31. The maximum absolute atomic E-state index is 11.8. The summed E-state index contributed by atoms with van der Waals surface area (Å²) in [5.74, 6) is -0.941. The van der Waals surface area contributed by atoms with Gasteiger partial charge in [0.05, 0.1) is 12.5 Å². The molecule has 0 aliphatic heterocycles. The largest absolute Gasteiger partial charge is 0.481 e. The van der Waals surface area contributed by atoms with Gasteiger partial charge in [0.2, 0.25) is 0 Å². The van der Waals surface area contributed by atoms with Crippen LogP contribution >= 0.6 is 0 Å². The van der Waals surface area contributed by atoms with Gasteiger partial charge >= 0.3 is 12.0 Å². The third-order valence-electron chi connectivity index (χ3n) is 2.90. The van der Waals surface area contributed by atoms with Crippen molar-refractivity contribution < 1.29 is 19.4 Å². The van der Waals surface area contributed by atoms with Crippen molar-refractivity contribution in [1.82, 2.24) is 10.2 Å². The van der Waals surface area contributed by atoms with Gasteiger partial charge in [0.25, 0.3) is 0 Å². The number of amides is 2. The molecule has 0 saturated carbocycles. The molecule has 6 heteroatoms. The first-order chi connectivity index (χ1) is 8.42. The number of urea groups is 1. The lowest BCUT2D eigenvalue weighted by atomic mass is 10.2. The fourth-order valence-electron chi connectivity index (χ4n) is 1.57. The Hall–Kier alpha value is -1.30. The third-order valence-corrected chi connectivity index (χ3v) is 2.90. The molecule has 18 heavy (non-hydrogen) atoms. The normalized spacial score (nSPS) is 13.8. The van der Waals surface area contributed by atoms with Gasteiger partial charge in [0.1, 0.15) is 0 Å². The number of ether oxygens (including phenoxy) is 1. The van der Waals surface area contributed by atoms with Gasteiger partial charge in [-0.05, 0) is 13.3 Å². The van der Waals surface area contributed by atoms with E-state index in [4.69, 9.17) is 9.84 Å². The Morgan fingerprint density at radius 2 is 2.06 bits per heavy atom. The maximum atomic E-state index is 11.8. The molecule has 0 aromatic rings. The Morgan fingerprint density at radius 3 is 2.50 bits per heavy atom. The second kappa shape index (κ2) is 8.74. The molecule has 106 valence electrons. The summed E-state index contributed by atoms with van der Waals surface area (Å²) in [7, 11) is 3.16. The van der Waals surface area contributed by atoms with Crippen LogP contribution in [-0.2, 0) is 9.53 Å². The van der Waals surface area contributed by atoms with Crippen molar-refractivity contribution in [2.45, 2.75) is 45.3 Å². The van der Waals surface area contributed by atoms with Crippen molar-refractivity contribution >= 4 is 12.0 Å². The van der Waals surface area contributed by atoms with Gasteiger partial charge in [-0.3, -0.25) is 4.79 Å². The molecule has 0 aliphatic carbocycles. The second-order valence-corrected chi connectivity index (χ2v) is 4.39. The molecule has 0 saturated heterocycles. The van der Waals surface area contributed by atoms with Crippen LogP contribution in [-0.4, -0.2) is 54.9 Å². The van der Waals surface area contributed by atoms with E-state index in [2.05, 4.69) is 12.2 Å². The Morgan fingerprint density at radius 1 is 1.44 bits per heavy atom. The molecule has 0 bridgehead atoms. The number of carbonyl (C=O) groups is 2. The average molecular weight is 260 g/mol. The van der Waals surface area contributed by atoms with Gasteiger partial charge in [0.15, 0.2) is 0 Å². The van der Waals surface area contributed by atoms with Crippen LogP contribution in [0.1, 0.15) is 33.1 Å². The van der Waals surface area contributed by atoms with Gasteiger partial charge < -0.3 is 20.1 Å². The van der Waals surface area contributed by atoms with Crippen LogP contribution in [0.25, 0.3) is 0 Å². The number of carbonyl (C=O) groups excluding carboxylic acids is 1. The molecule has 0 aromatic heterocycles. The molecule has 2 N–H and O–H groups in total. The van der Waals surface area contributed by atoms with E-state index in [1.54, 1.807) is 11.9 Å². The van der Waals surface area contributed by atoms with Crippen molar-refractivity contribution in [2.75, 3.05) is 20.7 Å². The Balaban J connectivity index is 4.10. The summed E-state index contributed by atoms with van der Waals surface area (Å²) in [5.41, 5.74) is 0. The van der Waals surface area contributed by atoms with Crippen LogP contribution in [0.2, 0.25) is 0 Å². The molecule has 0 fully saturated rings. The van der Waals surface area contributed by atoms with Crippen molar-refractivity contribution in [2.24, 2.45) is 0 Å². The first-order valence-electron chi connectivity index (χ1n) is 6.17. The average Bonchev–Trinajstić information content (AvgIpc) is 2.32.